The van der Waals surface area contributed by atoms with Gasteiger partial charge in [-0.05, 0) is 24.3 Å². The van der Waals surface area contributed by atoms with Crippen LogP contribution in [0.4, 0.5) is 4.79 Å². The molecule has 8 heteroatoms. The van der Waals surface area contributed by atoms with Crippen molar-refractivity contribution in [2.75, 3.05) is 27.2 Å². The number of amides is 2. The SMILES string of the molecule is CNC(=O)NCCNS(=O)(=O)c1ccc(OC)cc1. The number of nitrogens with one attached hydrogen (secondary N) is 3. The van der Waals surface area contributed by atoms with Crippen LogP contribution < -0.4 is 20.1 Å². The van der Waals surface area contributed by atoms with Gasteiger partial charge in [0, 0.05) is 20.1 Å². The Morgan fingerprint density at radius 3 is 2.37 bits per heavy atom. The van der Waals surface area contributed by atoms with Crippen molar-refractivity contribution in [3.05, 3.63) is 24.3 Å². The van der Waals surface area contributed by atoms with Gasteiger partial charge >= 0.3 is 6.03 Å². The van der Waals surface area contributed by atoms with Gasteiger partial charge in [0.25, 0.3) is 0 Å². The molecule has 0 aromatic heterocycles. The van der Waals surface area contributed by atoms with Crippen LogP contribution in [0.25, 0.3) is 0 Å². The van der Waals surface area contributed by atoms with Gasteiger partial charge < -0.3 is 15.4 Å². The van der Waals surface area contributed by atoms with E-state index in [0.29, 0.717) is 5.75 Å². The highest BCUT2D eigenvalue weighted by Crippen LogP contribution is 2.14. The summed E-state index contributed by atoms with van der Waals surface area (Å²) < 4.78 is 31.1. The second kappa shape index (κ2) is 6.95. The highest BCUT2D eigenvalue weighted by Gasteiger charge is 2.13. The third-order valence-corrected chi connectivity index (χ3v) is 3.78. The molecule has 0 saturated carbocycles. The number of carbonyl (C=O) groups excluding carboxylic acids is 1. The molecule has 0 aliphatic heterocycles. The van der Waals surface area contributed by atoms with Crippen LogP contribution >= 0.6 is 0 Å². The largest absolute Gasteiger partial charge is 0.497 e. The summed E-state index contributed by atoms with van der Waals surface area (Å²) in [6.45, 7) is 0.316. The minimum atomic E-state index is -3.57. The predicted molar refractivity (Wildman–Crippen MR) is 70.6 cm³/mol. The van der Waals surface area contributed by atoms with Gasteiger partial charge in [0.15, 0.2) is 0 Å². The van der Waals surface area contributed by atoms with Crippen molar-refractivity contribution in [1.29, 1.82) is 0 Å². The number of sulfonamides is 1. The van der Waals surface area contributed by atoms with Crippen LogP contribution in [0.2, 0.25) is 0 Å². The van der Waals surface area contributed by atoms with Gasteiger partial charge in [-0.2, -0.15) is 0 Å². The summed E-state index contributed by atoms with van der Waals surface area (Å²) in [6.07, 6.45) is 0. The Balaban J connectivity index is 2.53. The predicted octanol–water partition coefficient (Wildman–Crippen LogP) is -0.0975. The van der Waals surface area contributed by atoms with Crippen LogP contribution in [0.1, 0.15) is 0 Å². The average molecular weight is 287 g/mol. The molecule has 0 atom stereocenters. The first-order chi connectivity index (χ1) is 8.99. The molecule has 0 saturated heterocycles. The van der Waals surface area contributed by atoms with Crippen LogP contribution in [0.5, 0.6) is 5.75 Å². The van der Waals surface area contributed by atoms with Gasteiger partial charge in [-0.3, -0.25) is 0 Å². The first kappa shape index (κ1) is 15.3. The zero-order valence-corrected chi connectivity index (χ0v) is 11.6. The van der Waals surface area contributed by atoms with E-state index >= 15 is 0 Å². The first-order valence-corrected chi connectivity index (χ1v) is 7.07. The number of ether oxygens (including phenoxy) is 1. The molecule has 0 heterocycles. The molecule has 1 aromatic rings. The van der Waals surface area contributed by atoms with Crippen LogP contribution in [-0.4, -0.2) is 41.7 Å². The first-order valence-electron chi connectivity index (χ1n) is 5.59. The molecule has 106 valence electrons. The number of carbonyl (C=O) groups is 1. The summed E-state index contributed by atoms with van der Waals surface area (Å²) in [6, 6.07) is 5.68. The Morgan fingerprint density at radius 1 is 1.21 bits per heavy atom. The van der Waals surface area contributed by atoms with E-state index in [2.05, 4.69) is 15.4 Å². The van der Waals surface area contributed by atoms with Gasteiger partial charge in [-0.1, -0.05) is 0 Å². The van der Waals surface area contributed by atoms with E-state index in [1.54, 1.807) is 12.1 Å². The molecule has 3 N–H and O–H groups in total. The number of hydrogen-bond acceptors (Lipinski definition) is 4. The second-order valence-corrected chi connectivity index (χ2v) is 5.35. The Labute approximate surface area is 112 Å². The summed E-state index contributed by atoms with van der Waals surface area (Å²) in [5, 5.41) is 4.84. The molecule has 0 spiro atoms. The minimum Gasteiger partial charge on any atom is -0.497 e. The number of methoxy groups -OCH3 is 1. The van der Waals surface area contributed by atoms with Crippen LogP contribution in [0, 0.1) is 0 Å². The van der Waals surface area contributed by atoms with Crippen LogP contribution in [-0.2, 0) is 10.0 Å². The lowest BCUT2D eigenvalue weighted by atomic mass is 10.3. The number of urea groups is 1. The zero-order valence-electron chi connectivity index (χ0n) is 10.8. The maximum Gasteiger partial charge on any atom is 0.314 e. The molecule has 0 aliphatic rings. The summed E-state index contributed by atoms with van der Waals surface area (Å²) in [4.78, 5) is 11.0. The van der Waals surface area contributed by atoms with E-state index in [1.807, 2.05) is 0 Å². The van der Waals surface area contributed by atoms with E-state index in [0.717, 1.165) is 0 Å². The second-order valence-electron chi connectivity index (χ2n) is 3.58. The van der Waals surface area contributed by atoms with Gasteiger partial charge in [0.1, 0.15) is 5.75 Å². The van der Waals surface area contributed by atoms with Crippen molar-refractivity contribution in [1.82, 2.24) is 15.4 Å². The highest BCUT2D eigenvalue weighted by molar-refractivity contribution is 7.89. The smallest absolute Gasteiger partial charge is 0.314 e. The molecule has 0 radical (unpaired) electrons. The normalized spacial score (nSPS) is 10.8. The van der Waals surface area contributed by atoms with Gasteiger partial charge in [-0.15, -0.1) is 0 Å². The highest BCUT2D eigenvalue weighted by atomic mass is 32.2. The zero-order chi connectivity index (χ0) is 14.3. The maximum atomic E-state index is 11.9. The van der Waals surface area contributed by atoms with Crippen molar-refractivity contribution >= 4 is 16.1 Å². The van der Waals surface area contributed by atoms with E-state index in [1.165, 1.54) is 26.3 Å². The minimum absolute atomic E-state index is 0.113. The fraction of sp³-hybridized carbons (Fsp3) is 0.364. The lowest BCUT2D eigenvalue weighted by Crippen LogP contribution is -2.38. The van der Waals surface area contributed by atoms with Crippen molar-refractivity contribution in [2.24, 2.45) is 0 Å². The van der Waals surface area contributed by atoms with E-state index in [9.17, 15) is 13.2 Å². The third kappa shape index (κ3) is 4.76. The molecule has 0 fully saturated rings. The van der Waals surface area contributed by atoms with Crippen LogP contribution in [0.15, 0.2) is 29.2 Å². The summed E-state index contributed by atoms with van der Waals surface area (Å²) in [5.74, 6) is 0.584. The lowest BCUT2D eigenvalue weighted by Gasteiger charge is -2.08. The molecular formula is C11H17N3O4S. The molecule has 1 aromatic carbocycles. The van der Waals surface area contributed by atoms with E-state index in [4.69, 9.17) is 4.74 Å². The molecule has 0 aliphatic carbocycles. The standard InChI is InChI=1S/C11H17N3O4S/c1-12-11(15)13-7-8-14-19(16,17)10-5-3-9(18-2)4-6-10/h3-6,14H,7-8H2,1-2H3,(H2,12,13,15). The summed E-state index contributed by atoms with van der Waals surface area (Å²) >= 11 is 0. The van der Waals surface area contributed by atoms with Crippen molar-refractivity contribution in [3.8, 4) is 5.75 Å². The Hall–Kier alpha value is -1.80. The van der Waals surface area contributed by atoms with Crippen LogP contribution in [0.3, 0.4) is 0 Å². The summed E-state index contributed by atoms with van der Waals surface area (Å²) in [5.41, 5.74) is 0. The topological polar surface area (TPSA) is 96.5 Å². The Kier molecular flexibility index (Phi) is 5.58. The number of hydrogen-bond donors (Lipinski definition) is 3. The molecule has 19 heavy (non-hydrogen) atoms. The summed E-state index contributed by atoms with van der Waals surface area (Å²) in [7, 11) is -0.578. The monoisotopic (exact) mass is 287 g/mol. The average Bonchev–Trinajstić information content (AvgIpc) is 2.43. The van der Waals surface area contributed by atoms with E-state index < -0.39 is 10.0 Å². The molecule has 1 rings (SSSR count). The fourth-order valence-electron chi connectivity index (χ4n) is 1.29. The lowest BCUT2D eigenvalue weighted by molar-refractivity contribution is 0.243. The number of benzene rings is 1. The van der Waals surface area contributed by atoms with Gasteiger partial charge in [0.2, 0.25) is 10.0 Å². The quantitative estimate of drug-likeness (QED) is 0.637. The fourth-order valence-corrected chi connectivity index (χ4v) is 2.32. The van der Waals surface area contributed by atoms with Crippen molar-refractivity contribution < 1.29 is 17.9 Å². The Bertz CT molecular complexity index is 513. The van der Waals surface area contributed by atoms with Crippen molar-refractivity contribution in [3.63, 3.8) is 0 Å². The molecular weight excluding hydrogens is 270 g/mol. The number of rotatable bonds is 6. The van der Waals surface area contributed by atoms with E-state index in [-0.39, 0.29) is 24.0 Å². The Morgan fingerprint density at radius 2 is 1.84 bits per heavy atom. The molecule has 0 bridgehead atoms. The van der Waals surface area contributed by atoms with Gasteiger partial charge in [0.05, 0.1) is 12.0 Å². The maximum absolute atomic E-state index is 11.9. The molecule has 2 amide bonds. The molecule has 0 unspecified atom stereocenters. The molecule has 7 nitrogen and oxygen atoms in total. The van der Waals surface area contributed by atoms with Crippen molar-refractivity contribution in [2.45, 2.75) is 4.90 Å². The van der Waals surface area contributed by atoms with Gasteiger partial charge in [-0.25, -0.2) is 17.9 Å². The third-order valence-electron chi connectivity index (χ3n) is 2.30.